The average Bonchev–Trinajstić information content (AvgIpc) is 3.29. The number of fused-ring (bicyclic) bond motifs is 1. The van der Waals surface area contributed by atoms with Crippen LogP contribution < -0.4 is 0 Å². The van der Waals surface area contributed by atoms with Gasteiger partial charge in [-0.25, -0.2) is 4.68 Å². The highest BCUT2D eigenvalue weighted by molar-refractivity contribution is 6.06. The van der Waals surface area contributed by atoms with Crippen molar-refractivity contribution >= 4 is 16.8 Å². The number of benzene rings is 1. The van der Waals surface area contributed by atoms with Crippen LogP contribution >= 0.6 is 0 Å². The normalized spacial score (nSPS) is 17.7. The molecule has 1 saturated carbocycles. The summed E-state index contributed by atoms with van der Waals surface area (Å²) in [5, 5.41) is 8.83. The van der Waals surface area contributed by atoms with Crippen molar-refractivity contribution in [3.05, 3.63) is 53.5 Å². The zero-order chi connectivity index (χ0) is 17.0. The Morgan fingerprint density at radius 2 is 2.04 bits per heavy atom. The van der Waals surface area contributed by atoms with Gasteiger partial charge >= 0.3 is 0 Å². The van der Waals surface area contributed by atoms with Gasteiger partial charge in [-0.2, -0.15) is 0 Å². The third-order valence-corrected chi connectivity index (χ3v) is 5.17. The predicted octanol–water partition coefficient (Wildman–Crippen LogP) is 2.71. The number of aryl methyl sites for hydroxylation is 1. The van der Waals surface area contributed by atoms with Crippen molar-refractivity contribution in [1.29, 1.82) is 0 Å². The monoisotopic (exact) mass is 333 g/mol. The molecule has 0 spiro atoms. The molecule has 6 heteroatoms. The van der Waals surface area contributed by atoms with Crippen molar-refractivity contribution in [2.45, 2.75) is 31.7 Å². The summed E-state index contributed by atoms with van der Waals surface area (Å²) in [7, 11) is 0. The Kier molecular flexibility index (Phi) is 3.13. The number of nitrogens with zero attached hydrogens (tertiary/aromatic N) is 5. The summed E-state index contributed by atoms with van der Waals surface area (Å²) in [4.78, 5) is 19.8. The van der Waals surface area contributed by atoms with Gasteiger partial charge in [0.05, 0.1) is 23.3 Å². The van der Waals surface area contributed by atoms with E-state index >= 15 is 0 Å². The lowest BCUT2D eigenvalue weighted by atomic mass is 10.0. The molecular weight excluding hydrogens is 314 g/mol. The number of pyridine rings is 1. The maximum absolute atomic E-state index is 13.1. The van der Waals surface area contributed by atoms with E-state index in [9.17, 15) is 4.79 Å². The lowest BCUT2D eigenvalue weighted by Crippen LogP contribution is -2.51. The van der Waals surface area contributed by atoms with Crippen molar-refractivity contribution in [3.8, 4) is 0 Å². The van der Waals surface area contributed by atoms with E-state index < -0.39 is 0 Å². The Morgan fingerprint density at radius 3 is 2.76 bits per heavy atom. The van der Waals surface area contributed by atoms with Gasteiger partial charge in [-0.05, 0) is 38.0 Å². The highest BCUT2D eigenvalue weighted by Crippen LogP contribution is 2.40. The van der Waals surface area contributed by atoms with E-state index in [1.54, 1.807) is 6.20 Å². The molecule has 25 heavy (non-hydrogen) atoms. The van der Waals surface area contributed by atoms with Crippen LogP contribution in [0.25, 0.3) is 10.9 Å². The Bertz CT molecular complexity index is 955. The van der Waals surface area contributed by atoms with Gasteiger partial charge in [-0.15, -0.1) is 5.10 Å². The first-order valence-corrected chi connectivity index (χ1v) is 8.75. The number of carbonyl (C=O) groups is 1. The molecule has 3 heterocycles. The van der Waals surface area contributed by atoms with Crippen LogP contribution in [0.1, 0.15) is 46.4 Å². The second-order valence-corrected chi connectivity index (χ2v) is 7.14. The summed E-state index contributed by atoms with van der Waals surface area (Å²) >= 11 is 0. The Balaban J connectivity index is 1.49. The standard InChI is InChI=1S/C19H19N5O/c1-12-2-5-17-15(8-12)16(9-18(21-17)13-3-4-13)19(25)23-10-14(11-23)24-7-6-20-22-24/h2,5-9,13-14H,3-4,10-11H2,1H3. The summed E-state index contributed by atoms with van der Waals surface area (Å²) in [5.74, 6) is 0.618. The highest BCUT2D eigenvalue weighted by atomic mass is 16.2. The molecule has 126 valence electrons. The first-order chi connectivity index (χ1) is 12.2. The maximum atomic E-state index is 13.1. The first kappa shape index (κ1) is 14.6. The van der Waals surface area contributed by atoms with Gasteiger partial charge < -0.3 is 4.90 Å². The first-order valence-electron chi connectivity index (χ1n) is 8.75. The van der Waals surface area contributed by atoms with E-state index in [0.29, 0.717) is 19.0 Å². The second-order valence-electron chi connectivity index (χ2n) is 7.14. The smallest absolute Gasteiger partial charge is 0.254 e. The van der Waals surface area contributed by atoms with E-state index in [4.69, 9.17) is 4.98 Å². The zero-order valence-corrected chi connectivity index (χ0v) is 14.1. The molecule has 1 aromatic carbocycles. The van der Waals surface area contributed by atoms with Gasteiger partial charge in [-0.3, -0.25) is 9.78 Å². The molecule has 1 amide bonds. The summed E-state index contributed by atoms with van der Waals surface area (Å²) in [6.07, 6.45) is 5.88. The molecule has 2 aliphatic rings. The predicted molar refractivity (Wildman–Crippen MR) is 93.4 cm³/mol. The molecule has 5 rings (SSSR count). The van der Waals surface area contributed by atoms with Crippen LogP contribution in [0.2, 0.25) is 0 Å². The Labute approximate surface area is 145 Å². The number of carbonyl (C=O) groups excluding carboxylic acids is 1. The third-order valence-electron chi connectivity index (χ3n) is 5.17. The number of hydrogen-bond acceptors (Lipinski definition) is 4. The minimum absolute atomic E-state index is 0.0938. The Hall–Kier alpha value is -2.76. The number of hydrogen-bond donors (Lipinski definition) is 0. The van der Waals surface area contributed by atoms with Crippen LogP contribution in [0.3, 0.4) is 0 Å². The van der Waals surface area contributed by atoms with E-state index in [-0.39, 0.29) is 11.9 Å². The Morgan fingerprint density at radius 1 is 1.20 bits per heavy atom. The minimum atomic E-state index is 0.0938. The van der Waals surface area contributed by atoms with Crippen LogP contribution in [0.5, 0.6) is 0 Å². The lowest BCUT2D eigenvalue weighted by molar-refractivity contribution is 0.0500. The van der Waals surface area contributed by atoms with Crippen molar-refractivity contribution in [2.24, 2.45) is 0 Å². The van der Waals surface area contributed by atoms with E-state index in [1.807, 2.05) is 34.8 Å². The fourth-order valence-electron chi connectivity index (χ4n) is 3.50. The number of amides is 1. The second kappa shape index (κ2) is 5.37. The molecule has 0 N–H and O–H groups in total. The molecule has 2 aromatic heterocycles. The topological polar surface area (TPSA) is 63.9 Å². The highest BCUT2D eigenvalue weighted by Gasteiger charge is 2.34. The van der Waals surface area contributed by atoms with Crippen LogP contribution in [-0.2, 0) is 0 Å². The van der Waals surface area contributed by atoms with Gasteiger partial charge in [-0.1, -0.05) is 16.8 Å². The fraction of sp³-hybridized carbons (Fsp3) is 0.368. The number of rotatable bonds is 3. The van der Waals surface area contributed by atoms with Gasteiger partial charge in [0.1, 0.15) is 0 Å². The third kappa shape index (κ3) is 2.49. The quantitative estimate of drug-likeness (QED) is 0.739. The molecule has 1 aliphatic carbocycles. The minimum Gasteiger partial charge on any atom is -0.334 e. The van der Waals surface area contributed by atoms with Gasteiger partial charge in [0.2, 0.25) is 0 Å². The summed E-state index contributed by atoms with van der Waals surface area (Å²) < 4.78 is 1.83. The molecule has 3 aromatic rings. The number of likely N-dealkylation sites (tertiary alicyclic amines) is 1. The molecule has 6 nitrogen and oxygen atoms in total. The summed E-state index contributed by atoms with van der Waals surface area (Å²) in [6, 6.07) is 8.40. The van der Waals surface area contributed by atoms with Crippen molar-refractivity contribution < 1.29 is 4.79 Å². The van der Waals surface area contributed by atoms with Crippen molar-refractivity contribution in [2.75, 3.05) is 13.1 Å². The number of aromatic nitrogens is 4. The molecule has 1 saturated heterocycles. The molecule has 1 aliphatic heterocycles. The van der Waals surface area contributed by atoms with E-state index in [2.05, 4.69) is 22.4 Å². The molecule has 0 atom stereocenters. The molecule has 2 fully saturated rings. The zero-order valence-electron chi connectivity index (χ0n) is 14.1. The van der Waals surface area contributed by atoms with Gasteiger partial charge in [0.15, 0.2) is 0 Å². The summed E-state index contributed by atoms with van der Waals surface area (Å²) in [5.41, 5.74) is 3.92. The lowest BCUT2D eigenvalue weighted by Gasteiger charge is -2.39. The SMILES string of the molecule is Cc1ccc2nc(C3CC3)cc(C(=O)N3CC(n4ccnn4)C3)c2c1. The molecule has 0 radical (unpaired) electrons. The molecular formula is C19H19N5O. The van der Waals surface area contributed by atoms with Crippen LogP contribution in [-0.4, -0.2) is 43.9 Å². The van der Waals surface area contributed by atoms with Crippen LogP contribution in [0.15, 0.2) is 36.7 Å². The molecule has 0 bridgehead atoms. The van der Waals surface area contributed by atoms with Crippen molar-refractivity contribution in [1.82, 2.24) is 24.9 Å². The maximum Gasteiger partial charge on any atom is 0.254 e. The van der Waals surface area contributed by atoms with Crippen LogP contribution in [0, 0.1) is 6.92 Å². The average molecular weight is 333 g/mol. The van der Waals surface area contributed by atoms with E-state index in [0.717, 1.165) is 27.7 Å². The van der Waals surface area contributed by atoms with E-state index in [1.165, 1.54) is 12.8 Å². The summed E-state index contributed by atoms with van der Waals surface area (Å²) in [6.45, 7) is 3.40. The largest absolute Gasteiger partial charge is 0.334 e. The van der Waals surface area contributed by atoms with Gasteiger partial charge in [0.25, 0.3) is 5.91 Å². The van der Waals surface area contributed by atoms with Crippen molar-refractivity contribution in [3.63, 3.8) is 0 Å². The fourth-order valence-corrected chi connectivity index (χ4v) is 3.50. The van der Waals surface area contributed by atoms with Crippen LogP contribution in [0.4, 0.5) is 0 Å². The van der Waals surface area contributed by atoms with Gasteiger partial charge in [0, 0.05) is 36.3 Å². The molecule has 0 unspecified atom stereocenters.